The van der Waals surface area contributed by atoms with Gasteiger partial charge in [-0.25, -0.2) is 0 Å². The number of hydrogen-bond donors (Lipinski definition) is 1. The molecular weight excluding hydrogens is 256 g/mol. The number of ketones is 1. The zero-order valence-electron chi connectivity index (χ0n) is 10.2. The maximum atomic E-state index is 12.2. The zero-order valence-corrected chi connectivity index (χ0v) is 11.0. The normalized spacial score (nSPS) is 10.7. The smallest absolute Gasteiger partial charge is 0.185 e. The van der Waals surface area contributed by atoms with Crippen molar-refractivity contribution in [3.63, 3.8) is 0 Å². The molecule has 0 atom stereocenters. The number of pyridine rings is 1. The number of nitrogens with two attached hydrogens (primary N) is 1. The van der Waals surface area contributed by atoms with Crippen molar-refractivity contribution in [3.8, 4) is 0 Å². The fourth-order valence-corrected chi connectivity index (χ4v) is 2.97. The number of carbonyl (C=O) groups is 1. The minimum absolute atomic E-state index is 0.0172. The molecule has 0 aliphatic heterocycles. The Balaban J connectivity index is 1.89. The van der Waals surface area contributed by atoms with Crippen molar-refractivity contribution < 1.29 is 4.79 Å². The van der Waals surface area contributed by atoms with Gasteiger partial charge in [0.1, 0.15) is 5.69 Å². The largest absolute Gasteiger partial charge is 0.397 e. The Kier molecular flexibility index (Phi) is 3.01. The SMILES string of the molecule is Nc1ccc(C(=O)Cc2csc3ccccc23)nc1. The van der Waals surface area contributed by atoms with E-state index in [0.717, 1.165) is 10.9 Å². The molecule has 0 aliphatic carbocycles. The average Bonchev–Trinajstić information content (AvgIpc) is 2.83. The van der Waals surface area contributed by atoms with E-state index in [1.165, 1.54) is 10.9 Å². The number of thiophene rings is 1. The van der Waals surface area contributed by atoms with E-state index in [2.05, 4.69) is 11.1 Å². The molecule has 0 saturated heterocycles. The van der Waals surface area contributed by atoms with Crippen molar-refractivity contribution in [2.24, 2.45) is 0 Å². The summed E-state index contributed by atoms with van der Waals surface area (Å²) in [5, 5.41) is 3.19. The second-order valence-electron chi connectivity index (χ2n) is 4.33. The third kappa shape index (κ3) is 2.35. The highest BCUT2D eigenvalue weighted by molar-refractivity contribution is 7.17. The van der Waals surface area contributed by atoms with Gasteiger partial charge in [0.05, 0.1) is 11.9 Å². The van der Waals surface area contributed by atoms with E-state index in [1.807, 2.05) is 23.6 Å². The Hall–Kier alpha value is -2.20. The van der Waals surface area contributed by atoms with E-state index in [9.17, 15) is 4.79 Å². The molecule has 0 unspecified atom stereocenters. The number of nitrogen functional groups attached to an aromatic ring is 1. The molecule has 2 aromatic heterocycles. The van der Waals surface area contributed by atoms with Crippen LogP contribution in [0.25, 0.3) is 10.1 Å². The lowest BCUT2D eigenvalue weighted by atomic mass is 10.1. The van der Waals surface area contributed by atoms with Gasteiger partial charge in [0, 0.05) is 11.1 Å². The molecule has 3 aromatic rings. The van der Waals surface area contributed by atoms with Crippen molar-refractivity contribution in [1.29, 1.82) is 0 Å². The second-order valence-corrected chi connectivity index (χ2v) is 5.25. The monoisotopic (exact) mass is 268 g/mol. The molecule has 0 bridgehead atoms. The predicted molar refractivity (Wildman–Crippen MR) is 78.5 cm³/mol. The van der Waals surface area contributed by atoms with Crippen LogP contribution in [0.2, 0.25) is 0 Å². The van der Waals surface area contributed by atoms with Gasteiger partial charge in [0.2, 0.25) is 0 Å². The van der Waals surface area contributed by atoms with E-state index < -0.39 is 0 Å². The van der Waals surface area contributed by atoms with Crippen LogP contribution in [-0.2, 0) is 6.42 Å². The summed E-state index contributed by atoms with van der Waals surface area (Å²) in [5.41, 5.74) is 7.65. The van der Waals surface area contributed by atoms with Crippen LogP contribution < -0.4 is 5.73 Å². The maximum Gasteiger partial charge on any atom is 0.185 e. The summed E-state index contributed by atoms with van der Waals surface area (Å²) in [4.78, 5) is 16.2. The predicted octanol–water partition coefficient (Wildman–Crippen LogP) is 3.30. The molecule has 19 heavy (non-hydrogen) atoms. The van der Waals surface area contributed by atoms with Gasteiger partial charge in [-0.2, -0.15) is 0 Å². The molecule has 2 N–H and O–H groups in total. The molecule has 4 heteroatoms. The number of anilines is 1. The third-order valence-corrected chi connectivity index (χ3v) is 4.00. The van der Waals surface area contributed by atoms with Crippen molar-refractivity contribution in [1.82, 2.24) is 4.98 Å². The summed E-state index contributed by atoms with van der Waals surface area (Å²) in [6, 6.07) is 11.5. The van der Waals surface area contributed by atoms with E-state index in [-0.39, 0.29) is 5.78 Å². The minimum atomic E-state index is 0.0172. The fraction of sp³-hybridized carbons (Fsp3) is 0.0667. The van der Waals surface area contributed by atoms with E-state index in [4.69, 9.17) is 5.73 Å². The Morgan fingerprint density at radius 1 is 1.21 bits per heavy atom. The molecule has 0 radical (unpaired) electrons. The molecule has 2 heterocycles. The van der Waals surface area contributed by atoms with Crippen LogP contribution in [0.15, 0.2) is 48.0 Å². The number of fused-ring (bicyclic) bond motifs is 1. The summed E-state index contributed by atoms with van der Waals surface area (Å²) < 4.78 is 1.20. The van der Waals surface area contributed by atoms with Crippen molar-refractivity contribution in [3.05, 3.63) is 59.2 Å². The van der Waals surface area contributed by atoms with Crippen molar-refractivity contribution >= 4 is 32.9 Å². The maximum absolute atomic E-state index is 12.2. The first-order valence-corrected chi connectivity index (χ1v) is 6.82. The summed E-state index contributed by atoms with van der Waals surface area (Å²) in [5.74, 6) is 0.0172. The van der Waals surface area contributed by atoms with Crippen molar-refractivity contribution in [2.45, 2.75) is 6.42 Å². The van der Waals surface area contributed by atoms with Crippen LogP contribution in [0.4, 0.5) is 5.69 Å². The molecule has 0 aliphatic rings. The first-order chi connectivity index (χ1) is 9.24. The highest BCUT2D eigenvalue weighted by Gasteiger charge is 2.11. The average molecular weight is 268 g/mol. The quantitative estimate of drug-likeness (QED) is 0.741. The highest BCUT2D eigenvalue weighted by Crippen LogP contribution is 2.26. The topological polar surface area (TPSA) is 56.0 Å². The van der Waals surface area contributed by atoms with Gasteiger partial charge >= 0.3 is 0 Å². The fourth-order valence-electron chi connectivity index (χ4n) is 2.00. The van der Waals surface area contributed by atoms with Gasteiger partial charge in [0.25, 0.3) is 0 Å². The van der Waals surface area contributed by atoms with Gasteiger partial charge < -0.3 is 5.73 Å². The Morgan fingerprint density at radius 3 is 2.84 bits per heavy atom. The van der Waals surface area contributed by atoms with Gasteiger partial charge in [-0.1, -0.05) is 18.2 Å². The lowest BCUT2D eigenvalue weighted by Crippen LogP contribution is -2.05. The molecule has 3 rings (SSSR count). The molecule has 0 fully saturated rings. The first-order valence-electron chi connectivity index (χ1n) is 5.94. The number of aromatic nitrogens is 1. The number of rotatable bonds is 3. The molecule has 1 aromatic carbocycles. The van der Waals surface area contributed by atoms with Crippen LogP contribution >= 0.6 is 11.3 Å². The van der Waals surface area contributed by atoms with Crippen LogP contribution in [-0.4, -0.2) is 10.8 Å². The van der Waals surface area contributed by atoms with E-state index in [0.29, 0.717) is 17.8 Å². The molecular formula is C15H12N2OS. The Labute approximate surface area is 114 Å². The number of carbonyl (C=O) groups excluding carboxylic acids is 1. The zero-order chi connectivity index (χ0) is 13.2. The number of hydrogen-bond acceptors (Lipinski definition) is 4. The summed E-state index contributed by atoms with van der Waals surface area (Å²) in [7, 11) is 0. The van der Waals surface area contributed by atoms with Gasteiger partial charge in [0.15, 0.2) is 5.78 Å². The van der Waals surface area contributed by atoms with Crippen molar-refractivity contribution in [2.75, 3.05) is 5.73 Å². The molecule has 0 saturated carbocycles. The third-order valence-electron chi connectivity index (χ3n) is 2.98. The van der Waals surface area contributed by atoms with Crippen LogP contribution in [0.5, 0.6) is 0 Å². The Bertz CT molecular complexity index is 731. The second kappa shape index (κ2) is 4.82. The number of Topliss-reactive ketones (excluding diaryl/α,β-unsaturated/α-hetero) is 1. The lowest BCUT2D eigenvalue weighted by Gasteiger charge is -2.00. The van der Waals surface area contributed by atoms with Gasteiger partial charge in [-0.15, -0.1) is 11.3 Å². The minimum Gasteiger partial charge on any atom is -0.397 e. The number of nitrogens with zero attached hydrogens (tertiary/aromatic N) is 1. The summed E-state index contributed by atoms with van der Waals surface area (Å²) >= 11 is 1.66. The first kappa shape index (κ1) is 11.9. The summed E-state index contributed by atoms with van der Waals surface area (Å²) in [6.07, 6.45) is 1.89. The molecule has 3 nitrogen and oxygen atoms in total. The van der Waals surface area contributed by atoms with E-state index in [1.54, 1.807) is 23.5 Å². The lowest BCUT2D eigenvalue weighted by molar-refractivity contribution is 0.0988. The van der Waals surface area contributed by atoms with E-state index >= 15 is 0 Å². The van der Waals surface area contributed by atoms with Crippen LogP contribution in [0, 0.1) is 0 Å². The Morgan fingerprint density at radius 2 is 2.05 bits per heavy atom. The molecule has 0 amide bonds. The highest BCUT2D eigenvalue weighted by atomic mass is 32.1. The summed E-state index contributed by atoms with van der Waals surface area (Å²) in [6.45, 7) is 0. The van der Waals surface area contributed by atoms with Gasteiger partial charge in [-0.05, 0) is 34.5 Å². The molecule has 0 spiro atoms. The van der Waals surface area contributed by atoms with Crippen LogP contribution in [0.3, 0.4) is 0 Å². The van der Waals surface area contributed by atoms with Crippen LogP contribution in [0.1, 0.15) is 16.1 Å². The molecule has 94 valence electrons. The number of benzene rings is 1. The van der Waals surface area contributed by atoms with Gasteiger partial charge in [-0.3, -0.25) is 9.78 Å². The standard InChI is InChI=1S/C15H12N2OS/c16-11-5-6-13(17-8-11)14(18)7-10-9-19-15-4-2-1-3-12(10)15/h1-6,8-9H,7,16H2.